The molecule has 1 heterocycles. The van der Waals surface area contributed by atoms with Gasteiger partial charge in [-0.05, 0) is 38.3 Å². The van der Waals surface area contributed by atoms with Gasteiger partial charge in [0.15, 0.2) is 0 Å². The van der Waals surface area contributed by atoms with Crippen molar-refractivity contribution in [1.82, 2.24) is 4.98 Å². The Morgan fingerprint density at radius 1 is 1.56 bits per heavy atom. The van der Waals surface area contributed by atoms with Crippen molar-refractivity contribution in [3.05, 3.63) is 29.0 Å². The lowest BCUT2D eigenvalue weighted by Gasteiger charge is -2.24. The smallest absolute Gasteiger partial charge is 0.0637 e. The molecule has 90 valence electrons. The molecule has 0 aliphatic carbocycles. The Morgan fingerprint density at radius 3 is 2.81 bits per heavy atom. The second kappa shape index (κ2) is 5.62. The van der Waals surface area contributed by atoms with Crippen molar-refractivity contribution in [1.29, 1.82) is 0 Å². The predicted molar refractivity (Wildman–Crippen MR) is 66.5 cm³/mol. The lowest BCUT2D eigenvalue weighted by Crippen LogP contribution is -2.24. The van der Waals surface area contributed by atoms with Crippen molar-refractivity contribution >= 4 is 11.6 Å². The number of ether oxygens (including phenoxy) is 1. The third-order valence-electron chi connectivity index (χ3n) is 2.81. The molecule has 0 fully saturated rings. The third-order valence-corrected chi connectivity index (χ3v) is 3.13. The van der Waals surface area contributed by atoms with E-state index in [1.807, 2.05) is 19.9 Å². The highest BCUT2D eigenvalue weighted by molar-refractivity contribution is 6.31. The van der Waals surface area contributed by atoms with Crippen molar-refractivity contribution in [2.45, 2.75) is 38.3 Å². The quantitative estimate of drug-likeness (QED) is 0.864. The summed E-state index contributed by atoms with van der Waals surface area (Å²) in [5.74, 6) is 0. The van der Waals surface area contributed by atoms with E-state index in [9.17, 15) is 0 Å². The molecule has 0 amide bonds. The number of hydrogen-bond acceptors (Lipinski definition) is 3. The van der Waals surface area contributed by atoms with Crippen LogP contribution in [0.1, 0.15) is 38.3 Å². The number of rotatable bonds is 5. The highest BCUT2D eigenvalue weighted by Crippen LogP contribution is 2.26. The van der Waals surface area contributed by atoms with Gasteiger partial charge in [0.1, 0.15) is 0 Å². The first-order chi connectivity index (χ1) is 7.46. The van der Waals surface area contributed by atoms with Crippen LogP contribution in [0.15, 0.2) is 18.5 Å². The second-order valence-electron chi connectivity index (χ2n) is 4.51. The first kappa shape index (κ1) is 13.4. The lowest BCUT2D eigenvalue weighted by molar-refractivity contribution is 0.0125. The predicted octanol–water partition coefficient (Wildman–Crippen LogP) is 2.94. The minimum absolute atomic E-state index is 0.0649. The minimum Gasteiger partial charge on any atom is -0.379 e. The van der Waals surface area contributed by atoms with Crippen LogP contribution in [0.5, 0.6) is 0 Å². The molecule has 2 N–H and O–H groups in total. The number of nitrogens with two attached hydrogens (primary N) is 1. The van der Waals surface area contributed by atoms with Gasteiger partial charge in [0, 0.05) is 25.5 Å². The molecule has 1 aromatic heterocycles. The van der Waals surface area contributed by atoms with E-state index in [4.69, 9.17) is 22.1 Å². The summed E-state index contributed by atoms with van der Waals surface area (Å²) < 4.78 is 5.35. The average molecular weight is 243 g/mol. The molecule has 1 atom stereocenters. The van der Waals surface area contributed by atoms with Crippen molar-refractivity contribution in [3.8, 4) is 0 Å². The monoisotopic (exact) mass is 242 g/mol. The summed E-state index contributed by atoms with van der Waals surface area (Å²) in [5, 5.41) is 0.630. The van der Waals surface area contributed by atoms with Crippen LogP contribution in [-0.2, 0) is 4.74 Å². The van der Waals surface area contributed by atoms with E-state index >= 15 is 0 Å². The second-order valence-corrected chi connectivity index (χ2v) is 4.91. The van der Waals surface area contributed by atoms with Crippen LogP contribution < -0.4 is 5.73 Å². The summed E-state index contributed by atoms with van der Waals surface area (Å²) in [4.78, 5) is 3.94. The van der Waals surface area contributed by atoms with Crippen LogP contribution in [0.3, 0.4) is 0 Å². The topological polar surface area (TPSA) is 48.1 Å². The molecule has 0 aromatic carbocycles. The molecule has 1 aromatic rings. The fourth-order valence-corrected chi connectivity index (χ4v) is 1.71. The lowest BCUT2D eigenvalue weighted by atomic mass is 9.96. The van der Waals surface area contributed by atoms with E-state index in [1.165, 1.54) is 0 Å². The first-order valence-electron chi connectivity index (χ1n) is 5.36. The summed E-state index contributed by atoms with van der Waals surface area (Å²) in [6.07, 6.45) is 5.06. The normalized spacial score (nSPS) is 13.8. The van der Waals surface area contributed by atoms with Crippen molar-refractivity contribution in [2.75, 3.05) is 7.11 Å². The summed E-state index contributed by atoms with van der Waals surface area (Å²) >= 11 is 6.03. The zero-order valence-corrected chi connectivity index (χ0v) is 10.8. The molecule has 0 spiro atoms. The van der Waals surface area contributed by atoms with E-state index < -0.39 is 0 Å². The maximum Gasteiger partial charge on any atom is 0.0637 e. The number of hydrogen-bond donors (Lipinski definition) is 1. The molecule has 4 heteroatoms. The fourth-order valence-electron chi connectivity index (χ4n) is 1.45. The van der Waals surface area contributed by atoms with Gasteiger partial charge in [-0.15, -0.1) is 0 Å². The van der Waals surface area contributed by atoms with E-state index in [2.05, 4.69) is 4.98 Å². The highest BCUT2D eigenvalue weighted by Gasteiger charge is 2.19. The van der Waals surface area contributed by atoms with Gasteiger partial charge in [0.2, 0.25) is 0 Å². The molecule has 0 aliphatic heterocycles. The van der Waals surface area contributed by atoms with Gasteiger partial charge in [-0.25, -0.2) is 0 Å². The van der Waals surface area contributed by atoms with E-state index in [0.29, 0.717) is 5.02 Å². The largest absolute Gasteiger partial charge is 0.379 e. The van der Waals surface area contributed by atoms with Gasteiger partial charge >= 0.3 is 0 Å². The van der Waals surface area contributed by atoms with Crippen LogP contribution in [0.4, 0.5) is 0 Å². The van der Waals surface area contributed by atoms with Gasteiger partial charge in [-0.2, -0.15) is 0 Å². The van der Waals surface area contributed by atoms with Crippen molar-refractivity contribution in [3.63, 3.8) is 0 Å². The molecule has 1 rings (SSSR count). The van der Waals surface area contributed by atoms with E-state index in [-0.39, 0.29) is 11.6 Å². The van der Waals surface area contributed by atoms with Crippen LogP contribution in [0, 0.1) is 0 Å². The number of pyridine rings is 1. The van der Waals surface area contributed by atoms with Crippen molar-refractivity contribution < 1.29 is 4.74 Å². The number of aromatic nitrogens is 1. The Kier molecular flexibility index (Phi) is 4.71. The van der Waals surface area contributed by atoms with Gasteiger partial charge in [0.25, 0.3) is 0 Å². The van der Waals surface area contributed by atoms with Crippen LogP contribution in [-0.4, -0.2) is 17.7 Å². The molecule has 0 bridgehead atoms. The Bertz CT molecular complexity index is 342. The van der Waals surface area contributed by atoms with Crippen LogP contribution in [0.25, 0.3) is 0 Å². The summed E-state index contributed by atoms with van der Waals surface area (Å²) in [6, 6.07) is 1.80. The van der Waals surface area contributed by atoms with Gasteiger partial charge < -0.3 is 10.5 Å². The van der Waals surface area contributed by atoms with E-state index in [1.54, 1.807) is 19.5 Å². The zero-order valence-electron chi connectivity index (χ0n) is 10.0. The fraction of sp³-hybridized carbons (Fsp3) is 0.583. The third kappa shape index (κ3) is 3.74. The maximum atomic E-state index is 6.09. The van der Waals surface area contributed by atoms with Gasteiger partial charge in [-0.1, -0.05) is 11.6 Å². The SMILES string of the molecule is COC(C)(C)CCC(N)c1ccncc1Cl. The molecule has 0 aliphatic rings. The Labute approximate surface area is 102 Å². The summed E-state index contributed by atoms with van der Waals surface area (Å²) in [7, 11) is 1.71. The average Bonchev–Trinajstić information content (AvgIpc) is 2.27. The van der Waals surface area contributed by atoms with Crippen LogP contribution in [0.2, 0.25) is 5.02 Å². The molecular formula is C12H19ClN2O. The number of nitrogens with zero attached hydrogens (tertiary/aromatic N) is 1. The number of methoxy groups -OCH3 is 1. The zero-order chi connectivity index (χ0) is 12.2. The van der Waals surface area contributed by atoms with Crippen LogP contribution >= 0.6 is 11.6 Å². The maximum absolute atomic E-state index is 6.09. The first-order valence-corrected chi connectivity index (χ1v) is 5.74. The Morgan fingerprint density at radius 2 is 2.25 bits per heavy atom. The molecule has 0 saturated carbocycles. The summed E-state index contributed by atoms with van der Waals surface area (Å²) in [6.45, 7) is 4.10. The molecule has 3 nitrogen and oxygen atoms in total. The minimum atomic E-state index is -0.142. The standard InChI is InChI=1S/C12H19ClN2O/c1-12(2,16-3)6-4-11(14)9-5-7-15-8-10(9)13/h5,7-8,11H,4,6,14H2,1-3H3. The van der Waals surface area contributed by atoms with Gasteiger partial charge in [0.05, 0.1) is 10.6 Å². The molecule has 0 radical (unpaired) electrons. The summed E-state index contributed by atoms with van der Waals surface area (Å²) in [5.41, 5.74) is 6.90. The molecule has 0 saturated heterocycles. The highest BCUT2D eigenvalue weighted by atomic mass is 35.5. The van der Waals surface area contributed by atoms with Gasteiger partial charge in [-0.3, -0.25) is 4.98 Å². The number of halogens is 1. The van der Waals surface area contributed by atoms with E-state index in [0.717, 1.165) is 18.4 Å². The Balaban J connectivity index is 2.60. The molecule has 16 heavy (non-hydrogen) atoms. The Hall–Kier alpha value is -0.640. The molecular weight excluding hydrogens is 224 g/mol. The van der Waals surface area contributed by atoms with Crippen molar-refractivity contribution in [2.24, 2.45) is 5.73 Å². The molecule has 1 unspecified atom stereocenters.